The second-order valence-electron chi connectivity index (χ2n) is 8.38. The van der Waals surface area contributed by atoms with Crippen molar-refractivity contribution in [1.29, 1.82) is 0 Å². The van der Waals surface area contributed by atoms with E-state index in [1.165, 1.54) is 12.1 Å². The molecule has 1 spiro atoms. The first-order chi connectivity index (χ1) is 12.6. The van der Waals surface area contributed by atoms with Crippen molar-refractivity contribution in [2.24, 2.45) is 5.41 Å². The Morgan fingerprint density at radius 3 is 2.30 bits per heavy atom. The molecule has 1 aromatic rings. The van der Waals surface area contributed by atoms with E-state index in [9.17, 15) is 14.4 Å². The fraction of sp³-hybridized carbons (Fsp3) is 0.550. The third-order valence-corrected chi connectivity index (χ3v) is 5.05. The van der Waals surface area contributed by atoms with Crippen molar-refractivity contribution in [2.75, 3.05) is 24.5 Å². The van der Waals surface area contributed by atoms with Gasteiger partial charge in [0, 0.05) is 25.3 Å². The van der Waals surface area contributed by atoms with Crippen LogP contribution in [0.2, 0.25) is 0 Å². The van der Waals surface area contributed by atoms with E-state index in [1.807, 2.05) is 20.8 Å². The van der Waals surface area contributed by atoms with Crippen LogP contribution in [-0.2, 0) is 9.53 Å². The molecule has 2 fully saturated rings. The van der Waals surface area contributed by atoms with E-state index >= 15 is 0 Å². The number of nitrogens with zero attached hydrogens (tertiary/aromatic N) is 2. The lowest BCUT2D eigenvalue weighted by Crippen LogP contribution is -2.65. The molecule has 0 aliphatic carbocycles. The van der Waals surface area contributed by atoms with Crippen LogP contribution >= 0.6 is 0 Å². The standard InChI is InChI=1S/C20H26N2O5/c1-19(2,3)27-18(26)21-12-20(13-21)10-4-5-11-22(17(20)25)15-8-6-14(7-9-15)16(23)24/h6-9H,4-5,10-13H2,1-3H3,(H,23,24). The molecule has 0 saturated carbocycles. The van der Waals surface area contributed by atoms with Crippen molar-refractivity contribution in [3.8, 4) is 0 Å². The molecule has 0 atom stereocenters. The second kappa shape index (κ2) is 6.87. The van der Waals surface area contributed by atoms with Gasteiger partial charge in [0.1, 0.15) is 5.60 Å². The van der Waals surface area contributed by atoms with Crippen molar-refractivity contribution in [3.63, 3.8) is 0 Å². The molecular weight excluding hydrogens is 348 g/mol. The highest BCUT2D eigenvalue weighted by atomic mass is 16.6. The topological polar surface area (TPSA) is 87.2 Å². The van der Waals surface area contributed by atoms with Gasteiger partial charge in [-0.05, 0) is 57.9 Å². The fourth-order valence-corrected chi connectivity index (χ4v) is 3.69. The summed E-state index contributed by atoms with van der Waals surface area (Å²) in [6, 6.07) is 6.36. The fourth-order valence-electron chi connectivity index (χ4n) is 3.69. The monoisotopic (exact) mass is 374 g/mol. The summed E-state index contributed by atoms with van der Waals surface area (Å²) in [5.41, 5.74) is -0.248. The zero-order valence-electron chi connectivity index (χ0n) is 16.0. The number of carbonyl (C=O) groups is 3. The molecule has 2 amide bonds. The Morgan fingerprint density at radius 2 is 1.74 bits per heavy atom. The highest BCUT2D eigenvalue weighted by molar-refractivity contribution is 6.00. The Balaban J connectivity index is 1.74. The summed E-state index contributed by atoms with van der Waals surface area (Å²) < 4.78 is 5.40. The van der Waals surface area contributed by atoms with Gasteiger partial charge >= 0.3 is 12.1 Å². The van der Waals surface area contributed by atoms with E-state index in [0.29, 0.717) is 25.3 Å². The predicted octanol–water partition coefficient (Wildman–Crippen LogP) is 3.14. The van der Waals surface area contributed by atoms with Gasteiger partial charge in [0.05, 0.1) is 11.0 Å². The molecule has 146 valence electrons. The second-order valence-corrected chi connectivity index (χ2v) is 8.38. The number of ether oxygens (including phenoxy) is 1. The minimum Gasteiger partial charge on any atom is -0.478 e. The SMILES string of the molecule is CC(C)(C)OC(=O)N1CC2(CCCCN(c3ccc(C(=O)O)cc3)C2=O)C1. The van der Waals surface area contributed by atoms with Crippen LogP contribution in [0.15, 0.2) is 24.3 Å². The smallest absolute Gasteiger partial charge is 0.410 e. The highest BCUT2D eigenvalue weighted by Crippen LogP contribution is 2.41. The third kappa shape index (κ3) is 3.91. The number of rotatable bonds is 2. The number of likely N-dealkylation sites (tertiary alicyclic amines) is 1. The molecule has 1 N–H and O–H groups in total. The van der Waals surface area contributed by atoms with Gasteiger partial charge in [0.2, 0.25) is 5.91 Å². The van der Waals surface area contributed by atoms with Crippen LogP contribution in [-0.4, -0.2) is 53.2 Å². The summed E-state index contributed by atoms with van der Waals surface area (Å²) in [6.07, 6.45) is 2.15. The average molecular weight is 374 g/mol. The van der Waals surface area contributed by atoms with Crippen molar-refractivity contribution in [1.82, 2.24) is 4.90 Å². The first kappa shape index (κ1) is 19.2. The Morgan fingerprint density at radius 1 is 1.11 bits per heavy atom. The summed E-state index contributed by atoms with van der Waals surface area (Å²) >= 11 is 0. The Bertz CT molecular complexity index is 745. The number of aromatic carboxylic acids is 1. The Kier molecular flexibility index (Phi) is 4.88. The summed E-state index contributed by atoms with van der Waals surface area (Å²) in [6.45, 7) is 6.79. The largest absolute Gasteiger partial charge is 0.478 e. The molecule has 27 heavy (non-hydrogen) atoms. The highest BCUT2D eigenvalue weighted by Gasteiger charge is 2.53. The van der Waals surface area contributed by atoms with E-state index in [4.69, 9.17) is 9.84 Å². The van der Waals surface area contributed by atoms with Crippen molar-refractivity contribution in [3.05, 3.63) is 29.8 Å². The average Bonchev–Trinajstić information content (AvgIpc) is 2.71. The van der Waals surface area contributed by atoms with Crippen LogP contribution in [0.5, 0.6) is 0 Å². The zero-order valence-corrected chi connectivity index (χ0v) is 16.0. The van der Waals surface area contributed by atoms with Crippen LogP contribution in [0.1, 0.15) is 50.4 Å². The summed E-state index contributed by atoms with van der Waals surface area (Å²) in [5.74, 6) is -0.991. The molecule has 1 aromatic carbocycles. The molecule has 2 heterocycles. The summed E-state index contributed by atoms with van der Waals surface area (Å²) in [5, 5.41) is 9.05. The lowest BCUT2D eigenvalue weighted by molar-refractivity contribution is -0.138. The molecule has 0 bridgehead atoms. The zero-order chi connectivity index (χ0) is 19.8. The van der Waals surface area contributed by atoms with E-state index in [1.54, 1.807) is 21.9 Å². The minimum absolute atomic E-state index is 0.00267. The van der Waals surface area contributed by atoms with Gasteiger partial charge in [-0.3, -0.25) is 4.79 Å². The number of carbonyl (C=O) groups excluding carboxylic acids is 2. The summed E-state index contributed by atoms with van der Waals surface area (Å²) in [4.78, 5) is 39.8. The lowest BCUT2D eigenvalue weighted by Gasteiger charge is -2.49. The first-order valence-corrected chi connectivity index (χ1v) is 9.25. The van der Waals surface area contributed by atoms with Gasteiger partial charge in [-0.1, -0.05) is 6.42 Å². The van der Waals surface area contributed by atoms with Crippen LogP contribution in [0.4, 0.5) is 10.5 Å². The summed E-state index contributed by atoms with van der Waals surface area (Å²) in [7, 11) is 0. The van der Waals surface area contributed by atoms with E-state index in [-0.39, 0.29) is 17.6 Å². The number of carboxylic acid groups (broad SMARTS) is 1. The van der Waals surface area contributed by atoms with Crippen molar-refractivity contribution >= 4 is 23.7 Å². The number of hydrogen-bond donors (Lipinski definition) is 1. The number of hydrogen-bond acceptors (Lipinski definition) is 4. The molecule has 0 aromatic heterocycles. The third-order valence-electron chi connectivity index (χ3n) is 5.05. The molecule has 0 unspecified atom stereocenters. The molecule has 2 aliphatic rings. The van der Waals surface area contributed by atoms with Crippen LogP contribution in [0.25, 0.3) is 0 Å². The molecule has 7 nitrogen and oxygen atoms in total. The van der Waals surface area contributed by atoms with Crippen LogP contribution in [0, 0.1) is 5.41 Å². The minimum atomic E-state index is -0.993. The number of anilines is 1. The molecule has 7 heteroatoms. The lowest BCUT2D eigenvalue weighted by atomic mass is 9.75. The van der Waals surface area contributed by atoms with E-state index in [0.717, 1.165) is 19.3 Å². The van der Waals surface area contributed by atoms with Crippen molar-refractivity contribution < 1.29 is 24.2 Å². The maximum atomic E-state index is 13.3. The van der Waals surface area contributed by atoms with Gasteiger partial charge in [-0.15, -0.1) is 0 Å². The Hall–Kier alpha value is -2.57. The normalized spacial score (nSPS) is 19.4. The molecule has 3 rings (SSSR count). The molecule has 2 aliphatic heterocycles. The van der Waals surface area contributed by atoms with Gasteiger partial charge in [-0.25, -0.2) is 9.59 Å². The van der Waals surface area contributed by atoms with Crippen LogP contribution in [0.3, 0.4) is 0 Å². The van der Waals surface area contributed by atoms with E-state index < -0.39 is 17.0 Å². The van der Waals surface area contributed by atoms with Crippen molar-refractivity contribution in [2.45, 2.75) is 45.6 Å². The first-order valence-electron chi connectivity index (χ1n) is 9.25. The number of benzene rings is 1. The molecule has 2 saturated heterocycles. The maximum Gasteiger partial charge on any atom is 0.410 e. The van der Waals surface area contributed by atoms with Gasteiger partial charge in [-0.2, -0.15) is 0 Å². The predicted molar refractivity (Wildman–Crippen MR) is 99.8 cm³/mol. The number of amides is 2. The van der Waals surface area contributed by atoms with Gasteiger partial charge < -0.3 is 19.6 Å². The Labute approximate surface area is 158 Å². The molecule has 0 radical (unpaired) electrons. The molecular formula is C20H26N2O5. The van der Waals surface area contributed by atoms with Gasteiger partial charge in [0.15, 0.2) is 0 Å². The number of carboxylic acids is 1. The van der Waals surface area contributed by atoms with Crippen LogP contribution < -0.4 is 4.90 Å². The maximum absolute atomic E-state index is 13.3. The quantitative estimate of drug-likeness (QED) is 0.859. The van der Waals surface area contributed by atoms with E-state index in [2.05, 4.69) is 0 Å². The van der Waals surface area contributed by atoms with Gasteiger partial charge in [0.25, 0.3) is 0 Å².